The van der Waals surface area contributed by atoms with E-state index in [1.165, 1.54) is 23.3 Å². The van der Waals surface area contributed by atoms with Gasteiger partial charge < -0.3 is 0 Å². The Balaban J connectivity index is 1.82. The van der Waals surface area contributed by atoms with E-state index in [0.29, 0.717) is 21.2 Å². The van der Waals surface area contributed by atoms with Crippen LogP contribution in [0.15, 0.2) is 42.5 Å². The largest absolute Gasteiger partial charge is 0.297 e. The predicted molar refractivity (Wildman–Crippen MR) is 98.9 cm³/mol. The van der Waals surface area contributed by atoms with Gasteiger partial charge in [0.2, 0.25) is 10.0 Å². The van der Waals surface area contributed by atoms with Crippen LogP contribution in [-0.4, -0.2) is 32.4 Å². The Labute approximate surface area is 161 Å². The highest BCUT2D eigenvalue weighted by atomic mass is 35.5. The second-order valence-corrected chi connectivity index (χ2v) is 8.79. The van der Waals surface area contributed by atoms with Crippen LogP contribution in [-0.2, 0) is 21.4 Å². The maximum absolute atomic E-state index is 13.3. The fourth-order valence-electron chi connectivity index (χ4n) is 2.91. The van der Waals surface area contributed by atoms with E-state index in [4.69, 9.17) is 28.0 Å². The molecule has 0 unspecified atom stereocenters. The standard InChI is InChI=1S/C17H17Cl2FN2O3S/c1-22-17(12-5-6-14(18)15(19)8-12)16(10-25-22)26(23,24)21-9-11-3-2-4-13(20)7-11/h2-8,16-17,21H,9-10H2,1H3/t16-,17-/m0/s1. The van der Waals surface area contributed by atoms with Crippen molar-refractivity contribution < 1.29 is 17.6 Å². The van der Waals surface area contributed by atoms with Gasteiger partial charge in [-0.15, -0.1) is 0 Å². The Morgan fingerprint density at radius 3 is 2.69 bits per heavy atom. The summed E-state index contributed by atoms with van der Waals surface area (Å²) in [5, 5.41) is 1.37. The van der Waals surface area contributed by atoms with Gasteiger partial charge in [0.25, 0.3) is 0 Å². The molecule has 26 heavy (non-hydrogen) atoms. The fraction of sp³-hybridized carbons (Fsp3) is 0.294. The first kappa shape index (κ1) is 19.5. The maximum atomic E-state index is 13.3. The molecule has 0 spiro atoms. The van der Waals surface area contributed by atoms with Crippen LogP contribution in [0.25, 0.3) is 0 Å². The lowest BCUT2D eigenvalue weighted by Gasteiger charge is -2.23. The average Bonchev–Trinajstić information content (AvgIpc) is 2.98. The first-order valence-electron chi connectivity index (χ1n) is 7.81. The summed E-state index contributed by atoms with van der Waals surface area (Å²) in [6, 6.07) is 10.2. The zero-order valence-corrected chi connectivity index (χ0v) is 16.2. The molecular weight excluding hydrogens is 402 g/mol. The van der Waals surface area contributed by atoms with Gasteiger partial charge in [-0.2, -0.15) is 5.06 Å². The highest BCUT2D eigenvalue weighted by molar-refractivity contribution is 7.90. The van der Waals surface area contributed by atoms with Crippen LogP contribution in [0.5, 0.6) is 0 Å². The quantitative estimate of drug-likeness (QED) is 0.806. The summed E-state index contributed by atoms with van der Waals surface area (Å²) in [7, 11) is -2.08. The van der Waals surface area contributed by atoms with Gasteiger partial charge in [0, 0.05) is 13.6 Å². The van der Waals surface area contributed by atoms with Crippen molar-refractivity contribution in [2.75, 3.05) is 13.7 Å². The minimum Gasteiger partial charge on any atom is -0.297 e. The first-order chi connectivity index (χ1) is 12.3. The molecule has 1 aliphatic rings. The highest BCUT2D eigenvalue weighted by Gasteiger charge is 2.43. The number of halogens is 3. The van der Waals surface area contributed by atoms with Crippen LogP contribution in [0.4, 0.5) is 4.39 Å². The maximum Gasteiger partial charge on any atom is 0.219 e. The molecule has 1 fully saturated rings. The summed E-state index contributed by atoms with van der Waals surface area (Å²) in [5.41, 5.74) is 1.22. The Hall–Kier alpha value is -1.22. The van der Waals surface area contributed by atoms with E-state index >= 15 is 0 Å². The SMILES string of the molecule is CN1OC[C@H](S(=O)(=O)NCc2cccc(F)c2)[C@@H]1c1ccc(Cl)c(Cl)c1. The lowest BCUT2D eigenvalue weighted by atomic mass is 10.0. The molecule has 0 aromatic heterocycles. The molecule has 0 bridgehead atoms. The molecule has 2 atom stereocenters. The van der Waals surface area contributed by atoms with Crippen LogP contribution < -0.4 is 4.72 Å². The van der Waals surface area contributed by atoms with E-state index in [9.17, 15) is 12.8 Å². The van der Waals surface area contributed by atoms with Gasteiger partial charge in [0.05, 0.1) is 22.7 Å². The number of sulfonamides is 1. The van der Waals surface area contributed by atoms with E-state index in [2.05, 4.69) is 4.72 Å². The summed E-state index contributed by atoms with van der Waals surface area (Å²) in [6.07, 6.45) is 0. The molecule has 0 amide bonds. The van der Waals surface area contributed by atoms with Gasteiger partial charge in [-0.25, -0.2) is 17.5 Å². The molecule has 2 aromatic rings. The summed E-state index contributed by atoms with van der Waals surface area (Å²) < 4.78 is 41.4. The van der Waals surface area contributed by atoms with Crippen LogP contribution in [0.1, 0.15) is 17.2 Å². The number of hydrogen-bond donors (Lipinski definition) is 1. The van der Waals surface area contributed by atoms with Crippen molar-refractivity contribution in [1.29, 1.82) is 0 Å². The third-order valence-electron chi connectivity index (χ3n) is 4.24. The third kappa shape index (κ3) is 4.19. The van der Waals surface area contributed by atoms with Crippen LogP contribution >= 0.6 is 23.2 Å². The van der Waals surface area contributed by atoms with Gasteiger partial charge in [0.15, 0.2) is 0 Å². The molecule has 1 heterocycles. The summed E-state index contributed by atoms with van der Waals surface area (Å²) in [4.78, 5) is 5.44. The Morgan fingerprint density at radius 2 is 2.00 bits per heavy atom. The fourth-order valence-corrected chi connectivity index (χ4v) is 4.71. The molecule has 140 valence electrons. The second kappa shape index (κ2) is 7.80. The van der Waals surface area contributed by atoms with E-state index in [1.807, 2.05) is 0 Å². The predicted octanol–water partition coefficient (Wildman–Crippen LogP) is 3.54. The van der Waals surface area contributed by atoms with E-state index in [1.54, 1.807) is 31.3 Å². The molecule has 0 saturated carbocycles. The first-order valence-corrected chi connectivity index (χ1v) is 10.1. The van der Waals surface area contributed by atoms with Gasteiger partial charge in [-0.05, 0) is 35.4 Å². The number of nitrogens with one attached hydrogen (secondary N) is 1. The van der Waals surface area contributed by atoms with E-state index < -0.39 is 27.1 Å². The smallest absolute Gasteiger partial charge is 0.219 e. The van der Waals surface area contributed by atoms with Crippen molar-refractivity contribution in [2.45, 2.75) is 17.8 Å². The summed E-state index contributed by atoms with van der Waals surface area (Å²) in [6.45, 7) is -0.00566. The average molecular weight is 419 g/mol. The van der Waals surface area contributed by atoms with Gasteiger partial charge in [0.1, 0.15) is 11.1 Å². The number of rotatable bonds is 5. The monoisotopic (exact) mass is 418 g/mol. The van der Waals surface area contributed by atoms with Crippen molar-refractivity contribution >= 4 is 33.2 Å². The van der Waals surface area contributed by atoms with Crippen molar-refractivity contribution in [3.8, 4) is 0 Å². The number of hydrogen-bond acceptors (Lipinski definition) is 4. The van der Waals surface area contributed by atoms with Gasteiger partial charge in [-0.1, -0.05) is 41.4 Å². The van der Waals surface area contributed by atoms with Crippen LogP contribution in [0.2, 0.25) is 10.0 Å². The Bertz CT molecular complexity index is 911. The van der Waals surface area contributed by atoms with E-state index in [-0.39, 0.29) is 13.2 Å². The van der Waals surface area contributed by atoms with Crippen LogP contribution in [0.3, 0.4) is 0 Å². The number of hydroxylamine groups is 2. The van der Waals surface area contributed by atoms with Crippen molar-refractivity contribution in [3.05, 3.63) is 69.5 Å². The molecule has 1 saturated heterocycles. The molecule has 3 rings (SSSR count). The lowest BCUT2D eigenvalue weighted by molar-refractivity contribution is -0.110. The zero-order valence-electron chi connectivity index (χ0n) is 13.8. The topological polar surface area (TPSA) is 58.6 Å². The molecule has 5 nitrogen and oxygen atoms in total. The number of benzene rings is 2. The molecular formula is C17H17Cl2FN2O3S. The summed E-state index contributed by atoms with van der Waals surface area (Å²) >= 11 is 12.0. The minimum atomic E-state index is -3.74. The lowest BCUT2D eigenvalue weighted by Crippen LogP contribution is -2.39. The summed E-state index contributed by atoms with van der Waals surface area (Å²) in [5.74, 6) is -0.417. The molecule has 0 radical (unpaired) electrons. The Morgan fingerprint density at radius 1 is 1.23 bits per heavy atom. The van der Waals surface area contributed by atoms with E-state index in [0.717, 1.165) is 0 Å². The minimum absolute atomic E-state index is 0.000103. The molecule has 9 heteroatoms. The van der Waals surface area contributed by atoms with Crippen LogP contribution in [0, 0.1) is 5.82 Å². The van der Waals surface area contributed by atoms with Gasteiger partial charge in [-0.3, -0.25) is 4.84 Å². The second-order valence-electron chi connectivity index (χ2n) is 5.99. The highest BCUT2D eigenvalue weighted by Crippen LogP contribution is 2.36. The van der Waals surface area contributed by atoms with Gasteiger partial charge >= 0.3 is 0 Å². The molecule has 2 aromatic carbocycles. The molecule has 1 N–H and O–H groups in total. The van der Waals surface area contributed by atoms with Crippen molar-refractivity contribution in [3.63, 3.8) is 0 Å². The van der Waals surface area contributed by atoms with Crippen molar-refractivity contribution in [2.24, 2.45) is 0 Å². The van der Waals surface area contributed by atoms with Crippen molar-refractivity contribution in [1.82, 2.24) is 9.79 Å². The molecule has 0 aliphatic carbocycles. The number of nitrogens with zero attached hydrogens (tertiary/aromatic N) is 1. The normalized spacial score (nSPS) is 21.2. The zero-order chi connectivity index (χ0) is 18.9. The Kier molecular flexibility index (Phi) is 5.86. The third-order valence-corrected chi connectivity index (χ3v) is 6.71. The molecule has 1 aliphatic heterocycles.